The van der Waals surface area contributed by atoms with E-state index >= 15 is 0 Å². The second-order valence-electron chi connectivity index (χ2n) is 7.37. The van der Waals surface area contributed by atoms with Crippen LogP contribution in [0, 0.1) is 5.92 Å². The molecule has 8 heteroatoms. The molecule has 2 aliphatic rings. The van der Waals surface area contributed by atoms with Crippen LogP contribution in [0.3, 0.4) is 0 Å². The summed E-state index contributed by atoms with van der Waals surface area (Å²) < 4.78 is 3.05. The molecule has 0 saturated carbocycles. The molecule has 2 amide bonds. The molecule has 2 aromatic carbocycles. The van der Waals surface area contributed by atoms with Crippen LogP contribution in [0.15, 0.2) is 64.4 Å². The lowest BCUT2D eigenvalue weighted by Gasteiger charge is -2.17. The largest absolute Gasteiger partial charge is 0.325 e. The number of anilines is 2. The highest BCUT2D eigenvalue weighted by atomic mass is 79.9. The number of aryl methyl sites for hydroxylation is 1. The van der Waals surface area contributed by atoms with Crippen molar-refractivity contribution in [2.45, 2.75) is 18.1 Å². The van der Waals surface area contributed by atoms with Crippen molar-refractivity contribution < 1.29 is 9.59 Å². The quantitative estimate of drug-likeness (QED) is 0.597. The van der Waals surface area contributed by atoms with Gasteiger partial charge in [0.25, 0.3) is 0 Å². The van der Waals surface area contributed by atoms with Crippen LogP contribution in [-0.2, 0) is 16.1 Å². The standard InChI is InChI=1S/C22H19BrN4O2S/c23-15-4-3-5-16(11-15)27-12-14(10-20(27)28)21(29)24-18-7-2-1-6-17(18)19-13-26-8-9-30-22(26)25-19/h1-7,11,13-14H,8-10,12H2,(H,24,29). The number of halogens is 1. The molecule has 1 saturated heterocycles. The van der Waals surface area contributed by atoms with Crippen molar-refractivity contribution in [3.8, 4) is 11.3 Å². The van der Waals surface area contributed by atoms with E-state index in [1.54, 1.807) is 16.7 Å². The third-order valence-corrected chi connectivity index (χ3v) is 6.84. The van der Waals surface area contributed by atoms with Crippen LogP contribution in [0.5, 0.6) is 0 Å². The highest BCUT2D eigenvalue weighted by Crippen LogP contribution is 2.33. The number of hydrogen-bond donors (Lipinski definition) is 1. The van der Waals surface area contributed by atoms with Crippen molar-refractivity contribution in [2.24, 2.45) is 5.92 Å². The molecule has 1 fully saturated rings. The van der Waals surface area contributed by atoms with Crippen molar-refractivity contribution in [3.05, 3.63) is 59.2 Å². The van der Waals surface area contributed by atoms with E-state index in [1.807, 2.05) is 54.7 Å². The maximum atomic E-state index is 13.0. The van der Waals surface area contributed by atoms with Gasteiger partial charge in [0, 0.05) is 47.2 Å². The fourth-order valence-electron chi connectivity index (χ4n) is 3.87. The zero-order valence-corrected chi connectivity index (χ0v) is 18.4. The first kappa shape index (κ1) is 19.4. The van der Waals surface area contributed by atoms with Crippen molar-refractivity contribution in [1.29, 1.82) is 0 Å². The molecule has 1 N–H and O–H groups in total. The molecule has 0 spiro atoms. The van der Waals surface area contributed by atoms with Gasteiger partial charge in [-0.1, -0.05) is 52.0 Å². The van der Waals surface area contributed by atoms with Crippen LogP contribution < -0.4 is 10.2 Å². The van der Waals surface area contributed by atoms with Gasteiger partial charge in [-0.2, -0.15) is 0 Å². The van der Waals surface area contributed by atoms with E-state index in [2.05, 4.69) is 25.8 Å². The lowest BCUT2D eigenvalue weighted by Crippen LogP contribution is -2.28. The molecular formula is C22H19BrN4O2S. The summed E-state index contributed by atoms with van der Waals surface area (Å²) in [5.41, 5.74) is 3.26. The maximum absolute atomic E-state index is 13.0. The third kappa shape index (κ3) is 3.65. The van der Waals surface area contributed by atoms with Gasteiger partial charge in [0.1, 0.15) is 0 Å². The molecule has 3 heterocycles. The van der Waals surface area contributed by atoms with Crippen LogP contribution >= 0.6 is 27.7 Å². The number of para-hydroxylation sites is 1. The molecule has 5 rings (SSSR count). The van der Waals surface area contributed by atoms with Crippen LogP contribution in [-0.4, -0.2) is 33.7 Å². The number of amides is 2. The average Bonchev–Trinajstić information content (AvgIpc) is 3.43. The molecule has 0 radical (unpaired) electrons. The number of thioether (sulfide) groups is 1. The number of rotatable bonds is 4. The Morgan fingerprint density at radius 2 is 2.07 bits per heavy atom. The van der Waals surface area contributed by atoms with Crippen molar-refractivity contribution in [2.75, 3.05) is 22.5 Å². The monoisotopic (exact) mass is 482 g/mol. The number of benzene rings is 2. The summed E-state index contributed by atoms with van der Waals surface area (Å²) >= 11 is 5.18. The van der Waals surface area contributed by atoms with Gasteiger partial charge >= 0.3 is 0 Å². The lowest BCUT2D eigenvalue weighted by atomic mass is 10.1. The topological polar surface area (TPSA) is 67.2 Å². The van der Waals surface area contributed by atoms with Gasteiger partial charge in [-0.25, -0.2) is 4.98 Å². The second-order valence-corrected chi connectivity index (χ2v) is 9.35. The van der Waals surface area contributed by atoms with Gasteiger partial charge in [0.15, 0.2) is 5.16 Å². The summed E-state index contributed by atoms with van der Waals surface area (Å²) in [4.78, 5) is 31.9. The predicted octanol–water partition coefficient (Wildman–Crippen LogP) is 4.41. The Bertz CT molecular complexity index is 1120. The Balaban J connectivity index is 1.34. The minimum Gasteiger partial charge on any atom is -0.325 e. The Morgan fingerprint density at radius 1 is 1.20 bits per heavy atom. The molecule has 1 atom stereocenters. The van der Waals surface area contributed by atoms with Crippen LogP contribution in [0.2, 0.25) is 0 Å². The first-order valence-corrected chi connectivity index (χ1v) is 11.5. The first-order valence-electron chi connectivity index (χ1n) is 9.74. The summed E-state index contributed by atoms with van der Waals surface area (Å²) in [6.45, 7) is 1.33. The molecule has 152 valence electrons. The Kier molecular flexibility index (Phi) is 5.12. The molecular weight excluding hydrogens is 464 g/mol. The first-order chi connectivity index (χ1) is 14.6. The van der Waals surface area contributed by atoms with Crippen molar-refractivity contribution >= 4 is 50.9 Å². The molecule has 1 unspecified atom stereocenters. The number of carbonyl (C=O) groups is 2. The van der Waals surface area contributed by atoms with E-state index in [0.29, 0.717) is 6.54 Å². The number of imidazole rings is 1. The average molecular weight is 483 g/mol. The molecule has 6 nitrogen and oxygen atoms in total. The van der Waals surface area contributed by atoms with Gasteiger partial charge in [0.2, 0.25) is 11.8 Å². The number of hydrogen-bond acceptors (Lipinski definition) is 4. The molecule has 30 heavy (non-hydrogen) atoms. The Labute approximate surface area is 186 Å². The number of aromatic nitrogens is 2. The molecule has 2 aliphatic heterocycles. The van der Waals surface area contributed by atoms with E-state index in [1.165, 1.54) is 0 Å². The number of nitrogens with zero attached hydrogens (tertiary/aromatic N) is 3. The summed E-state index contributed by atoms with van der Waals surface area (Å²) in [5, 5.41) is 4.05. The van der Waals surface area contributed by atoms with E-state index in [9.17, 15) is 9.59 Å². The molecule has 1 aromatic heterocycles. The van der Waals surface area contributed by atoms with Crippen molar-refractivity contribution in [3.63, 3.8) is 0 Å². The highest BCUT2D eigenvalue weighted by Gasteiger charge is 2.35. The highest BCUT2D eigenvalue weighted by molar-refractivity contribution is 9.10. The number of carbonyl (C=O) groups excluding carboxylic acids is 2. The summed E-state index contributed by atoms with van der Waals surface area (Å²) in [5.74, 6) is 0.469. The third-order valence-electron chi connectivity index (χ3n) is 5.38. The van der Waals surface area contributed by atoms with Gasteiger partial charge in [-0.05, 0) is 24.3 Å². The minimum atomic E-state index is -0.396. The van der Waals surface area contributed by atoms with E-state index in [-0.39, 0.29) is 18.2 Å². The maximum Gasteiger partial charge on any atom is 0.229 e. The molecule has 3 aromatic rings. The zero-order valence-electron chi connectivity index (χ0n) is 16.0. The van der Waals surface area contributed by atoms with E-state index in [0.717, 1.165) is 44.6 Å². The van der Waals surface area contributed by atoms with Crippen LogP contribution in [0.25, 0.3) is 11.3 Å². The predicted molar refractivity (Wildman–Crippen MR) is 122 cm³/mol. The van der Waals surface area contributed by atoms with Gasteiger partial charge in [-0.3, -0.25) is 9.59 Å². The Hall–Kier alpha value is -2.58. The fraction of sp³-hybridized carbons (Fsp3) is 0.227. The van der Waals surface area contributed by atoms with Gasteiger partial charge < -0.3 is 14.8 Å². The molecule has 0 bridgehead atoms. The normalized spacial score (nSPS) is 18.0. The van der Waals surface area contributed by atoms with Crippen LogP contribution in [0.4, 0.5) is 11.4 Å². The van der Waals surface area contributed by atoms with Gasteiger partial charge in [-0.15, -0.1) is 0 Å². The fourth-order valence-corrected chi connectivity index (χ4v) is 5.20. The molecule has 0 aliphatic carbocycles. The number of nitrogens with one attached hydrogen (secondary N) is 1. The minimum absolute atomic E-state index is 0.0379. The number of fused-ring (bicyclic) bond motifs is 1. The summed E-state index contributed by atoms with van der Waals surface area (Å²) in [6, 6.07) is 15.3. The van der Waals surface area contributed by atoms with Gasteiger partial charge in [0.05, 0.1) is 17.3 Å². The second kappa shape index (κ2) is 7.92. The Morgan fingerprint density at radius 3 is 2.90 bits per heavy atom. The zero-order chi connectivity index (χ0) is 20.7. The van der Waals surface area contributed by atoms with Crippen LogP contribution in [0.1, 0.15) is 6.42 Å². The summed E-state index contributed by atoms with van der Waals surface area (Å²) in [6.07, 6.45) is 2.24. The SMILES string of the molecule is O=C(Nc1ccccc1-c1cn2c(n1)SCC2)C1CC(=O)N(c2cccc(Br)c2)C1. The lowest BCUT2D eigenvalue weighted by molar-refractivity contribution is -0.122. The smallest absolute Gasteiger partial charge is 0.229 e. The summed E-state index contributed by atoms with van der Waals surface area (Å²) in [7, 11) is 0. The van der Waals surface area contributed by atoms with E-state index in [4.69, 9.17) is 4.98 Å². The van der Waals surface area contributed by atoms with E-state index < -0.39 is 5.92 Å². The van der Waals surface area contributed by atoms with Crippen molar-refractivity contribution in [1.82, 2.24) is 9.55 Å².